The van der Waals surface area contributed by atoms with E-state index in [1.54, 1.807) is 19.2 Å². The molecule has 1 aromatic rings. The Balaban J connectivity index is 1.82. The molecular formula is C13H17N3O3. The number of benzene rings is 1. The zero-order chi connectivity index (χ0) is 13.7. The van der Waals surface area contributed by atoms with Crippen molar-refractivity contribution in [2.24, 2.45) is 0 Å². The summed E-state index contributed by atoms with van der Waals surface area (Å²) < 4.78 is 5.15. The van der Waals surface area contributed by atoms with E-state index in [-0.39, 0.29) is 24.4 Å². The van der Waals surface area contributed by atoms with Crippen LogP contribution >= 0.6 is 0 Å². The summed E-state index contributed by atoms with van der Waals surface area (Å²) in [5, 5.41) is 8.51. The van der Waals surface area contributed by atoms with Crippen LogP contribution in [0.5, 0.6) is 5.75 Å². The highest BCUT2D eigenvalue weighted by Crippen LogP contribution is 2.22. The molecule has 0 aromatic heterocycles. The average molecular weight is 263 g/mol. The van der Waals surface area contributed by atoms with Gasteiger partial charge in [-0.2, -0.15) is 0 Å². The van der Waals surface area contributed by atoms with E-state index >= 15 is 0 Å². The third-order valence-corrected chi connectivity index (χ3v) is 2.91. The minimum absolute atomic E-state index is 0.0163. The van der Waals surface area contributed by atoms with Gasteiger partial charge in [0.15, 0.2) is 0 Å². The van der Waals surface area contributed by atoms with Gasteiger partial charge in [-0.3, -0.25) is 9.59 Å². The molecule has 19 heavy (non-hydrogen) atoms. The SMILES string of the molecule is COc1ccccc1NC(=O)CNC1CNC(=O)C1. The van der Waals surface area contributed by atoms with Gasteiger partial charge in [-0.25, -0.2) is 0 Å². The number of hydrogen-bond acceptors (Lipinski definition) is 4. The number of carbonyl (C=O) groups is 2. The van der Waals surface area contributed by atoms with E-state index in [4.69, 9.17) is 4.74 Å². The maximum Gasteiger partial charge on any atom is 0.238 e. The van der Waals surface area contributed by atoms with Crippen molar-refractivity contribution >= 4 is 17.5 Å². The van der Waals surface area contributed by atoms with Gasteiger partial charge >= 0.3 is 0 Å². The second-order valence-corrected chi connectivity index (χ2v) is 4.33. The number of amides is 2. The quantitative estimate of drug-likeness (QED) is 0.704. The lowest BCUT2D eigenvalue weighted by molar-refractivity contribution is -0.119. The van der Waals surface area contributed by atoms with Crippen molar-refractivity contribution in [2.75, 3.05) is 25.5 Å². The van der Waals surface area contributed by atoms with Crippen LogP contribution in [-0.2, 0) is 9.59 Å². The van der Waals surface area contributed by atoms with E-state index in [1.165, 1.54) is 0 Å². The highest BCUT2D eigenvalue weighted by atomic mass is 16.5. The maximum absolute atomic E-state index is 11.8. The number of rotatable bonds is 5. The van der Waals surface area contributed by atoms with Crippen LogP contribution in [0.4, 0.5) is 5.69 Å². The van der Waals surface area contributed by atoms with Crippen LogP contribution in [0, 0.1) is 0 Å². The number of ether oxygens (including phenoxy) is 1. The Morgan fingerprint density at radius 1 is 1.47 bits per heavy atom. The third kappa shape index (κ3) is 3.69. The predicted molar refractivity (Wildman–Crippen MR) is 71.0 cm³/mol. The molecule has 1 aliphatic rings. The van der Waals surface area contributed by atoms with E-state index in [2.05, 4.69) is 16.0 Å². The van der Waals surface area contributed by atoms with Gasteiger partial charge in [0.1, 0.15) is 5.75 Å². The Kier molecular flexibility index (Phi) is 4.35. The summed E-state index contributed by atoms with van der Waals surface area (Å²) in [6.45, 7) is 0.735. The van der Waals surface area contributed by atoms with Gasteiger partial charge in [-0.15, -0.1) is 0 Å². The van der Waals surface area contributed by atoms with Crippen molar-refractivity contribution in [3.63, 3.8) is 0 Å². The van der Waals surface area contributed by atoms with Crippen LogP contribution < -0.4 is 20.7 Å². The highest BCUT2D eigenvalue weighted by Gasteiger charge is 2.21. The van der Waals surface area contributed by atoms with Gasteiger partial charge in [0.2, 0.25) is 11.8 Å². The molecule has 0 radical (unpaired) electrons. The molecule has 0 aliphatic carbocycles. The fourth-order valence-electron chi connectivity index (χ4n) is 1.93. The molecule has 1 atom stereocenters. The second-order valence-electron chi connectivity index (χ2n) is 4.33. The molecule has 1 saturated heterocycles. The van der Waals surface area contributed by atoms with Gasteiger partial charge in [0, 0.05) is 19.0 Å². The Hall–Kier alpha value is -2.08. The Labute approximate surface area is 111 Å². The topological polar surface area (TPSA) is 79.5 Å². The van der Waals surface area contributed by atoms with E-state index in [1.807, 2.05) is 12.1 Å². The summed E-state index contributed by atoms with van der Waals surface area (Å²) in [5.41, 5.74) is 0.637. The van der Waals surface area contributed by atoms with Gasteiger partial charge in [0.05, 0.1) is 19.3 Å². The van der Waals surface area contributed by atoms with E-state index in [0.717, 1.165) is 0 Å². The van der Waals surface area contributed by atoms with E-state index in [0.29, 0.717) is 24.4 Å². The standard InChI is InChI=1S/C13H17N3O3/c1-19-11-5-3-2-4-10(11)16-13(18)8-14-9-6-12(17)15-7-9/h2-5,9,14H,6-8H2,1H3,(H,15,17)(H,16,18). The molecule has 1 fully saturated rings. The van der Waals surface area contributed by atoms with Crippen molar-refractivity contribution in [2.45, 2.75) is 12.5 Å². The first-order valence-corrected chi connectivity index (χ1v) is 6.12. The Morgan fingerprint density at radius 2 is 2.26 bits per heavy atom. The molecule has 1 aliphatic heterocycles. The number of nitrogens with one attached hydrogen (secondary N) is 3. The van der Waals surface area contributed by atoms with Crippen molar-refractivity contribution in [1.82, 2.24) is 10.6 Å². The number of carbonyl (C=O) groups excluding carboxylic acids is 2. The average Bonchev–Trinajstić information content (AvgIpc) is 2.83. The predicted octanol–water partition coefficient (Wildman–Crippen LogP) is 0.112. The zero-order valence-corrected chi connectivity index (χ0v) is 10.7. The molecule has 2 rings (SSSR count). The Morgan fingerprint density at radius 3 is 2.95 bits per heavy atom. The van der Waals surface area contributed by atoms with Gasteiger partial charge in [-0.05, 0) is 12.1 Å². The van der Waals surface area contributed by atoms with Crippen molar-refractivity contribution in [3.05, 3.63) is 24.3 Å². The molecule has 6 nitrogen and oxygen atoms in total. The molecule has 1 heterocycles. The van der Waals surface area contributed by atoms with Crippen LogP contribution in [-0.4, -0.2) is 38.1 Å². The van der Waals surface area contributed by atoms with Gasteiger partial charge < -0.3 is 20.7 Å². The third-order valence-electron chi connectivity index (χ3n) is 2.91. The van der Waals surface area contributed by atoms with Crippen LogP contribution in [0.15, 0.2) is 24.3 Å². The van der Waals surface area contributed by atoms with Gasteiger partial charge in [-0.1, -0.05) is 12.1 Å². The number of hydrogen-bond donors (Lipinski definition) is 3. The molecule has 1 unspecified atom stereocenters. The smallest absolute Gasteiger partial charge is 0.238 e. The largest absolute Gasteiger partial charge is 0.495 e. The van der Waals surface area contributed by atoms with Crippen LogP contribution in [0.2, 0.25) is 0 Å². The number of methoxy groups -OCH3 is 1. The molecule has 6 heteroatoms. The Bertz CT molecular complexity index is 476. The molecule has 102 valence electrons. The summed E-state index contributed by atoms with van der Waals surface area (Å²) in [5.74, 6) is 0.472. The summed E-state index contributed by atoms with van der Waals surface area (Å²) in [6, 6.07) is 7.24. The first-order chi connectivity index (χ1) is 9.19. The minimum atomic E-state index is -0.163. The normalized spacial score (nSPS) is 17.9. The summed E-state index contributed by atoms with van der Waals surface area (Å²) in [4.78, 5) is 22.8. The molecule has 0 bridgehead atoms. The van der Waals surface area contributed by atoms with Gasteiger partial charge in [0.25, 0.3) is 0 Å². The molecular weight excluding hydrogens is 246 g/mol. The van der Waals surface area contributed by atoms with E-state index < -0.39 is 0 Å². The van der Waals surface area contributed by atoms with Crippen molar-refractivity contribution in [3.8, 4) is 5.75 Å². The van der Waals surface area contributed by atoms with Crippen molar-refractivity contribution in [1.29, 1.82) is 0 Å². The summed E-state index contributed by atoms with van der Waals surface area (Å²) >= 11 is 0. The fourth-order valence-corrected chi connectivity index (χ4v) is 1.93. The summed E-state index contributed by atoms with van der Waals surface area (Å²) in [6.07, 6.45) is 0.419. The first-order valence-electron chi connectivity index (χ1n) is 6.12. The van der Waals surface area contributed by atoms with Crippen molar-refractivity contribution < 1.29 is 14.3 Å². The lowest BCUT2D eigenvalue weighted by atomic mass is 10.2. The van der Waals surface area contributed by atoms with E-state index in [9.17, 15) is 9.59 Å². The number of anilines is 1. The lowest BCUT2D eigenvalue weighted by Gasteiger charge is -2.12. The lowest BCUT2D eigenvalue weighted by Crippen LogP contribution is -2.37. The zero-order valence-electron chi connectivity index (χ0n) is 10.7. The van der Waals surface area contributed by atoms with Crippen LogP contribution in [0.1, 0.15) is 6.42 Å². The second kappa shape index (κ2) is 6.19. The fraction of sp³-hybridized carbons (Fsp3) is 0.385. The minimum Gasteiger partial charge on any atom is -0.495 e. The highest BCUT2D eigenvalue weighted by molar-refractivity contribution is 5.93. The molecule has 0 spiro atoms. The molecule has 0 saturated carbocycles. The van der Waals surface area contributed by atoms with Crippen LogP contribution in [0.25, 0.3) is 0 Å². The summed E-state index contributed by atoms with van der Waals surface area (Å²) in [7, 11) is 1.55. The molecule has 3 N–H and O–H groups in total. The van der Waals surface area contributed by atoms with Crippen LogP contribution in [0.3, 0.4) is 0 Å². The maximum atomic E-state index is 11.8. The number of para-hydroxylation sites is 2. The molecule has 2 amide bonds. The molecule has 1 aromatic carbocycles. The monoisotopic (exact) mass is 263 g/mol. The first kappa shape index (κ1) is 13.4.